The van der Waals surface area contributed by atoms with E-state index in [9.17, 15) is 4.79 Å². The fraction of sp³-hybridized carbons (Fsp3) is 0.889. The van der Waals surface area contributed by atoms with Gasteiger partial charge in [0.15, 0.2) is 0 Å². The number of carbonyl (C=O) groups is 1. The van der Waals surface area contributed by atoms with Gasteiger partial charge in [0.1, 0.15) is 5.78 Å². The van der Waals surface area contributed by atoms with Gasteiger partial charge in [0.2, 0.25) is 0 Å². The highest BCUT2D eigenvalue weighted by molar-refractivity contribution is 5.85. The van der Waals surface area contributed by atoms with Crippen molar-refractivity contribution in [3.63, 3.8) is 0 Å². The summed E-state index contributed by atoms with van der Waals surface area (Å²) in [6.45, 7) is 1.84. The maximum Gasteiger partial charge on any atom is 0.138 e. The molecule has 3 heteroatoms. The largest absolute Gasteiger partial charge is 0.316 e. The van der Waals surface area contributed by atoms with Crippen molar-refractivity contribution in [1.82, 2.24) is 5.32 Å². The number of Topliss-reactive ketones (excluding diaryl/α,β-unsaturated/α-hetero) is 1. The van der Waals surface area contributed by atoms with E-state index in [1.54, 1.807) is 0 Å². The highest BCUT2D eigenvalue weighted by Crippen LogP contribution is 2.35. The molecule has 0 spiro atoms. The van der Waals surface area contributed by atoms with Crippen LogP contribution in [0.4, 0.5) is 0 Å². The Bertz CT molecular complexity index is 168. The van der Waals surface area contributed by atoms with Gasteiger partial charge in [-0.1, -0.05) is 12.8 Å². The average molecular weight is 190 g/mol. The number of rotatable bonds is 2. The van der Waals surface area contributed by atoms with Crippen molar-refractivity contribution in [3.05, 3.63) is 0 Å². The summed E-state index contributed by atoms with van der Waals surface area (Å²) in [6, 6.07) is 0. The minimum Gasteiger partial charge on any atom is -0.316 e. The molecule has 1 saturated heterocycles. The van der Waals surface area contributed by atoms with Gasteiger partial charge in [-0.05, 0) is 12.3 Å². The Balaban J connectivity index is 0.000000720. The number of hydrogen-bond acceptors (Lipinski definition) is 2. The molecule has 0 bridgehead atoms. The fourth-order valence-electron chi connectivity index (χ4n) is 1.78. The van der Waals surface area contributed by atoms with Gasteiger partial charge in [0.25, 0.3) is 0 Å². The molecule has 0 aromatic carbocycles. The zero-order chi connectivity index (χ0) is 7.68. The van der Waals surface area contributed by atoms with Crippen LogP contribution in [0.3, 0.4) is 0 Å². The standard InChI is InChI=1S/C9H15NO.ClH/c11-9-3-4-10-6-8(9)5-7-1-2-7;/h7-8,10H,1-6H2;1H. The molecule has 0 aromatic rings. The molecule has 1 aliphatic carbocycles. The van der Waals surface area contributed by atoms with Crippen LogP contribution < -0.4 is 5.32 Å². The summed E-state index contributed by atoms with van der Waals surface area (Å²) in [5, 5.41) is 3.28. The van der Waals surface area contributed by atoms with Gasteiger partial charge < -0.3 is 5.32 Å². The monoisotopic (exact) mass is 189 g/mol. The Morgan fingerprint density at radius 2 is 2.17 bits per heavy atom. The molecule has 12 heavy (non-hydrogen) atoms. The van der Waals surface area contributed by atoms with E-state index in [2.05, 4.69) is 5.32 Å². The summed E-state index contributed by atoms with van der Waals surface area (Å²) in [6.07, 6.45) is 4.65. The third kappa shape index (κ3) is 2.46. The van der Waals surface area contributed by atoms with Crippen LogP contribution in [0.2, 0.25) is 0 Å². The van der Waals surface area contributed by atoms with Crippen molar-refractivity contribution in [1.29, 1.82) is 0 Å². The summed E-state index contributed by atoms with van der Waals surface area (Å²) in [7, 11) is 0. The molecule has 1 unspecified atom stereocenters. The number of halogens is 1. The average Bonchev–Trinajstić information content (AvgIpc) is 2.78. The molecule has 1 saturated carbocycles. The first-order valence-corrected chi connectivity index (χ1v) is 4.59. The second-order valence-corrected chi connectivity index (χ2v) is 3.80. The van der Waals surface area contributed by atoms with E-state index in [4.69, 9.17) is 0 Å². The quantitative estimate of drug-likeness (QED) is 0.712. The molecule has 70 valence electrons. The lowest BCUT2D eigenvalue weighted by molar-refractivity contribution is -0.124. The lowest BCUT2D eigenvalue weighted by Gasteiger charge is -2.21. The lowest BCUT2D eigenvalue weighted by Crippen LogP contribution is -2.37. The van der Waals surface area contributed by atoms with E-state index < -0.39 is 0 Å². The number of piperidine rings is 1. The molecule has 1 N–H and O–H groups in total. The molecule has 2 aliphatic rings. The van der Waals surface area contributed by atoms with Crippen molar-refractivity contribution in [3.8, 4) is 0 Å². The SMILES string of the molecule is Cl.O=C1CCNCC1CC1CC1. The summed E-state index contributed by atoms with van der Waals surface area (Å²) >= 11 is 0. The summed E-state index contributed by atoms with van der Waals surface area (Å²) in [4.78, 5) is 11.3. The normalized spacial score (nSPS) is 29.7. The molecule has 0 radical (unpaired) electrons. The number of carbonyl (C=O) groups excluding carboxylic acids is 1. The topological polar surface area (TPSA) is 29.1 Å². The minimum absolute atomic E-state index is 0. The van der Waals surface area contributed by atoms with Gasteiger partial charge in [-0.2, -0.15) is 0 Å². The van der Waals surface area contributed by atoms with Crippen LogP contribution in [-0.4, -0.2) is 18.9 Å². The van der Waals surface area contributed by atoms with Crippen LogP contribution in [0.1, 0.15) is 25.7 Å². The molecular weight excluding hydrogens is 174 g/mol. The smallest absolute Gasteiger partial charge is 0.138 e. The molecule has 1 atom stereocenters. The first-order valence-electron chi connectivity index (χ1n) is 4.59. The van der Waals surface area contributed by atoms with E-state index in [0.29, 0.717) is 11.7 Å². The van der Waals surface area contributed by atoms with E-state index >= 15 is 0 Å². The first-order chi connectivity index (χ1) is 5.36. The van der Waals surface area contributed by atoms with Gasteiger partial charge >= 0.3 is 0 Å². The minimum atomic E-state index is 0. The molecule has 1 heterocycles. The van der Waals surface area contributed by atoms with Crippen molar-refractivity contribution in [2.75, 3.05) is 13.1 Å². The molecule has 1 aliphatic heterocycles. The highest BCUT2D eigenvalue weighted by Gasteiger charge is 2.30. The van der Waals surface area contributed by atoms with Crippen LogP contribution in [-0.2, 0) is 4.79 Å². The summed E-state index contributed by atoms with van der Waals surface area (Å²) in [5.41, 5.74) is 0. The van der Waals surface area contributed by atoms with E-state index in [1.165, 1.54) is 12.8 Å². The Morgan fingerprint density at radius 3 is 2.75 bits per heavy atom. The first kappa shape index (κ1) is 10.0. The van der Waals surface area contributed by atoms with Gasteiger partial charge in [0, 0.05) is 25.4 Å². The van der Waals surface area contributed by atoms with Crippen molar-refractivity contribution in [2.24, 2.45) is 11.8 Å². The van der Waals surface area contributed by atoms with E-state index in [0.717, 1.165) is 31.8 Å². The van der Waals surface area contributed by atoms with Crippen molar-refractivity contribution < 1.29 is 4.79 Å². The molecular formula is C9H16ClNO. The number of nitrogens with one attached hydrogen (secondary N) is 1. The van der Waals surface area contributed by atoms with Gasteiger partial charge in [-0.25, -0.2) is 0 Å². The summed E-state index contributed by atoms with van der Waals surface area (Å²) in [5.74, 6) is 1.75. The zero-order valence-corrected chi connectivity index (χ0v) is 8.03. The number of ketones is 1. The van der Waals surface area contributed by atoms with Crippen LogP contribution in [0.25, 0.3) is 0 Å². The Kier molecular flexibility index (Phi) is 3.53. The van der Waals surface area contributed by atoms with Crippen molar-refractivity contribution in [2.45, 2.75) is 25.7 Å². The zero-order valence-electron chi connectivity index (χ0n) is 7.21. The van der Waals surface area contributed by atoms with Crippen LogP contribution in [0.5, 0.6) is 0 Å². The molecule has 0 aromatic heterocycles. The van der Waals surface area contributed by atoms with E-state index in [-0.39, 0.29) is 12.4 Å². The lowest BCUT2D eigenvalue weighted by atomic mass is 9.93. The van der Waals surface area contributed by atoms with Gasteiger partial charge in [0.05, 0.1) is 0 Å². The fourth-order valence-corrected chi connectivity index (χ4v) is 1.78. The van der Waals surface area contributed by atoms with Crippen LogP contribution in [0, 0.1) is 11.8 Å². The predicted molar refractivity (Wildman–Crippen MR) is 50.6 cm³/mol. The Morgan fingerprint density at radius 1 is 1.42 bits per heavy atom. The van der Waals surface area contributed by atoms with Crippen molar-refractivity contribution >= 4 is 18.2 Å². The summed E-state index contributed by atoms with van der Waals surface area (Å²) < 4.78 is 0. The number of hydrogen-bond donors (Lipinski definition) is 1. The van der Waals surface area contributed by atoms with E-state index in [1.807, 2.05) is 0 Å². The maximum absolute atomic E-state index is 11.3. The molecule has 2 rings (SSSR count). The van der Waals surface area contributed by atoms with Gasteiger partial charge in [-0.3, -0.25) is 4.79 Å². The molecule has 2 nitrogen and oxygen atoms in total. The Labute approximate surface area is 79.5 Å². The third-order valence-electron chi connectivity index (χ3n) is 2.71. The van der Waals surface area contributed by atoms with Crippen LogP contribution >= 0.6 is 12.4 Å². The maximum atomic E-state index is 11.3. The molecule has 0 amide bonds. The Hall–Kier alpha value is -0.0800. The third-order valence-corrected chi connectivity index (χ3v) is 2.71. The molecule has 2 fully saturated rings. The van der Waals surface area contributed by atoms with Gasteiger partial charge in [-0.15, -0.1) is 12.4 Å². The second kappa shape index (κ2) is 4.24. The second-order valence-electron chi connectivity index (χ2n) is 3.80. The highest BCUT2D eigenvalue weighted by atomic mass is 35.5. The van der Waals surface area contributed by atoms with Crippen LogP contribution in [0.15, 0.2) is 0 Å². The predicted octanol–water partition coefficient (Wildman–Crippen LogP) is 1.39.